The number of piperidine rings is 1. The van der Waals surface area contributed by atoms with Crippen LogP contribution in [0.2, 0.25) is 0 Å². The minimum atomic E-state index is -0.112. The first-order valence-corrected chi connectivity index (χ1v) is 11.6. The molecule has 7 heteroatoms. The number of hydrogen-bond donors (Lipinski definition) is 1. The summed E-state index contributed by atoms with van der Waals surface area (Å²) in [6.07, 6.45) is 3.46. The van der Waals surface area contributed by atoms with Crippen molar-refractivity contribution >= 4 is 27.9 Å². The maximum Gasteiger partial charge on any atom is 0.255 e. The van der Waals surface area contributed by atoms with Crippen LogP contribution in [0.1, 0.15) is 29.0 Å². The fourth-order valence-electron chi connectivity index (χ4n) is 4.94. The number of imidazole rings is 1. The molecule has 4 aromatic rings. The molecule has 1 saturated heterocycles. The molecule has 0 bridgehead atoms. The largest absolute Gasteiger partial charge is 0.464 e. The number of carbonyl (C=O) groups excluding carboxylic acids is 1. The quantitative estimate of drug-likeness (QED) is 0.465. The molecule has 2 aromatic carbocycles. The fraction of sp³-hybridized carbons (Fsp3) is 0.385. The van der Waals surface area contributed by atoms with Gasteiger partial charge in [-0.15, -0.1) is 0 Å². The predicted octanol–water partition coefficient (Wildman–Crippen LogP) is 4.00. The van der Waals surface area contributed by atoms with E-state index in [1.807, 2.05) is 24.3 Å². The highest BCUT2D eigenvalue weighted by Crippen LogP contribution is 2.22. The first-order valence-electron chi connectivity index (χ1n) is 11.6. The van der Waals surface area contributed by atoms with Gasteiger partial charge in [0.05, 0.1) is 35.0 Å². The van der Waals surface area contributed by atoms with Crippen molar-refractivity contribution in [1.29, 1.82) is 0 Å². The summed E-state index contributed by atoms with van der Waals surface area (Å²) in [7, 11) is 1.72. The summed E-state index contributed by atoms with van der Waals surface area (Å²) in [5, 5.41) is 4.11. The molecule has 2 unspecified atom stereocenters. The van der Waals surface area contributed by atoms with E-state index in [0.717, 1.165) is 55.7 Å². The van der Waals surface area contributed by atoms with Crippen molar-refractivity contribution in [3.8, 4) is 0 Å². The third-order valence-corrected chi connectivity index (χ3v) is 6.69. The number of methoxy groups -OCH3 is 1. The number of furan rings is 1. The second-order valence-corrected chi connectivity index (χ2v) is 8.74. The molecule has 0 saturated carbocycles. The molecule has 1 aliphatic heterocycles. The molecular formula is C26H30N4O3. The van der Waals surface area contributed by atoms with E-state index in [2.05, 4.69) is 44.9 Å². The van der Waals surface area contributed by atoms with Gasteiger partial charge in [-0.1, -0.05) is 24.3 Å². The average Bonchev–Trinajstić information content (AvgIpc) is 3.44. The van der Waals surface area contributed by atoms with Crippen molar-refractivity contribution in [3.63, 3.8) is 0 Å². The third kappa shape index (κ3) is 4.38. The number of benzene rings is 2. The normalized spacial score (nSPS) is 19.3. The summed E-state index contributed by atoms with van der Waals surface area (Å²) in [6.45, 7) is 5.72. The van der Waals surface area contributed by atoms with E-state index < -0.39 is 0 Å². The van der Waals surface area contributed by atoms with E-state index in [4.69, 9.17) is 9.15 Å². The van der Waals surface area contributed by atoms with Crippen LogP contribution in [0.5, 0.6) is 0 Å². The molecule has 2 atom stereocenters. The van der Waals surface area contributed by atoms with Crippen LogP contribution in [0, 0.1) is 6.92 Å². The lowest BCUT2D eigenvalue weighted by Gasteiger charge is -2.38. The SMILES string of the molecule is COC1CN(CCCn2c(C)nc3ccccc32)CCC1NC(=O)c1cccc2ccoc12. The number of amides is 1. The lowest BCUT2D eigenvalue weighted by molar-refractivity contribution is 0.00590. The molecule has 1 fully saturated rings. The van der Waals surface area contributed by atoms with Crippen LogP contribution in [-0.4, -0.2) is 59.2 Å². The monoisotopic (exact) mass is 446 g/mol. The Morgan fingerprint density at radius 3 is 2.94 bits per heavy atom. The average molecular weight is 447 g/mol. The number of likely N-dealkylation sites (tertiary alicyclic amines) is 1. The minimum absolute atomic E-state index is 0.0243. The lowest BCUT2D eigenvalue weighted by Crippen LogP contribution is -2.55. The Labute approximate surface area is 193 Å². The van der Waals surface area contributed by atoms with E-state index in [9.17, 15) is 4.79 Å². The molecule has 3 heterocycles. The molecule has 1 amide bonds. The fourth-order valence-corrected chi connectivity index (χ4v) is 4.94. The highest BCUT2D eigenvalue weighted by molar-refractivity contribution is 6.05. The second-order valence-electron chi connectivity index (χ2n) is 8.74. The predicted molar refractivity (Wildman–Crippen MR) is 128 cm³/mol. The number of nitrogens with one attached hydrogen (secondary N) is 1. The van der Waals surface area contributed by atoms with Gasteiger partial charge < -0.3 is 23.9 Å². The zero-order valence-corrected chi connectivity index (χ0v) is 19.2. The van der Waals surface area contributed by atoms with Crippen molar-refractivity contribution in [2.45, 2.75) is 38.5 Å². The zero-order chi connectivity index (χ0) is 22.8. The summed E-state index contributed by atoms with van der Waals surface area (Å²) in [4.78, 5) is 20.1. The Bertz CT molecular complexity index is 1260. The number of carbonyl (C=O) groups is 1. The third-order valence-electron chi connectivity index (χ3n) is 6.69. The van der Waals surface area contributed by atoms with Crippen molar-refractivity contribution in [3.05, 3.63) is 66.2 Å². The van der Waals surface area contributed by atoms with Crippen LogP contribution in [0.3, 0.4) is 0 Å². The maximum atomic E-state index is 13.0. The van der Waals surface area contributed by atoms with E-state index in [1.165, 1.54) is 5.52 Å². The van der Waals surface area contributed by atoms with Gasteiger partial charge in [0.15, 0.2) is 0 Å². The van der Waals surface area contributed by atoms with Gasteiger partial charge in [0.25, 0.3) is 5.91 Å². The number of ether oxygens (including phenoxy) is 1. The van der Waals surface area contributed by atoms with Crippen LogP contribution in [0.15, 0.2) is 59.2 Å². The molecule has 2 aromatic heterocycles. The standard InChI is InChI=1S/C26H30N4O3/c1-18-27-21-9-3-4-10-23(21)30(18)14-6-13-29-15-11-22(24(17-29)32-2)28-26(31)20-8-5-7-19-12-16-33-25(19)20/h3-5,7-10,12,16,22,24H,6,11,13-15,17H2,1-2H3,(H,28,31). The Morgan fingerprint density at radius 1 is 1.18 bits per heavy atom. The minimum Gasteiger partial charge on any atom is -0.464 e. The zero-order valence-electron chi connectivity index (χ0n) is 19.2. The summed E-state index contributed by atoms with van der Waals surface area (Å²) < 4.78 is 13.6. The molecule has 33 heavy (non-hydrogen) atoms. The first kappa shape index (κ1) is 21.7. The number of nitrogens with zero attached hydrogens (tertiary/aromatic N) is 3. The molecule has 1 aliphatic rings. The number of fused-ring (bicyclic) bond motifs is 2. The van der Waals surface area contributed by atoms with Crippen molar-refractivity contribution in [2.24, 2.45) is 0 Å². The molecule has 1 N–H and O–H groups in total. The van der Waals surface area contributed by atoms with Gasteiger partial charge >= 0.3 is 0 Å². The van der Waals surface area contributed by atoms with Crippen LogP contribution < -0.4 is 5.32 Å². The van der Waals surface area contributed by atoms with Gasteiger partial charge in [-0.25, -0.2) is 4.98 Å². The molecule has 0 spiro atoms. The Morgan fingerprint density at radius 2 is 2.06 bits per heavy atom. The number of aryl methyl sites for hydroxylation is 2. The Balaban J connectivity index is 1.17. The maximum absolute atomic E-state index is 13.0. The van der Waals surface area contributed by atoms with Crippen LogP contribution >= 0.6 is 0 Å². The van der Waals surface area contributed by atoms with Gasteiger partial charge in [-0.3, -0.25) is 4.79 Å². The summed E-state index contributed by atoms with van der Waals surface area (Å²) in [5.41, 5.74) is 3.44. The van der Waals surface area contributed by atoms with Crippen molar-refractivity contribution < 1.29 is 13.9 Å². The van der Waals surface area contributed by atoms with E-state index in [-0.39, 0.29) is 18.1 Å². The highest BCUT2D eigenvalue weighted by Gasteiger charge is 2.31. The van der Waals surface area contributed by atoms with Crippen LogP contribution in [0.25, 0.3) is 22.0 Å². The first-order chi connectivity index (χ1) is 16.1. The topological polar surface area (TPSA) is 72.5 Å². The summed E-state index contributed by atoms with van der Waals surface area (Å²) in [5.74, 6) is 0.942. The van der Waals surface area contributed by atoms with Crippen LogP contribution in [0.4, 0.5) is 0 Å². The molecule has 0 aliphatic carbocycles. The van der Waals surface area contributed by atoms with E-state index in [0.29, 0.717) is 11.1 Å². The van der Waals surface area contributed by atoms with Gasteiger partial charge in [-0.2, -0.15) is 0 Å². The van der Waals surface area contributed by atoms with Gasteiger partial charge in [0.1, 0.15) is 11.4 Å². The molecular weight excluding hydrogens is 416 g/mol. The number of rotatable bonds is 7. The molecule has 172 valence electrons. The van der Waals surface area contributed by atoms with Gasteiger partial charge in [0.2, 0.25) is 0 Å². The highest BCUT2D eigenvalue weighted by atomic mass is 16.5. The summed E-state index contributed by atoms with van der Waals surface area (Å²) >= 11 is 0. The molecule has 5 rings (SSSR count). The van der Waals surface area contributed by atoms with E-state index >= 15 is 0 Å². The molecule has 7 nitrogen and oxygen atoms in total. The van der Waals surface area contributed by atoms with Crippen molar-refractivity contribution in [1.82, 2.24) is 19.8 Å². The Kier molecular flexibility index (Phi) is 6.15. The Hall–Kier alpha value is -3.16. The number of hydrogen-bond acceptors (Lipinski definition) is 5. The summed E-state index contributed by atoms with van der Waals surface area (Å²) in [6, 6.07) is 15.8. The smallest absolute Gasteiger partial charge is 0.255 e. The van der Waals surface area contributed by atoms with Gasteiger partial charge in [-0.05, 0) is 50.6 Å². The number of para-hydroxylation sites is 3. The number of aromatic nitrogens is 2. The van der Waals surface area contributed by atoms with E-state index in [1.54, 1.807) is 19.4 Å². The molecule has 0 radical (unpaired) electrons. The van der Waals surface area contributed by atoms with Gasteiger partial charge in [0, 0.05) is 32.1 Å². The van der Waals surface area contributed by atoms with Crippen molar-refractivity contribution in [2.75, 3.05) is 26.7 Å². The second kappa shape index (κ2) is 9.37. The van der Waals surface area contributed by atoms with Crippen LogP contribution in [-0.2, 0) is 11.3 Å². The lowest BCUT2D eigenvalue weighted by atomic mass is 10.0.